The minimum absolute atomic E-state index is 0.154. The predicted molar refractivity (Wildman–Crippen MR) is 116 cm³/mol. The maximum absolute atomic E-state index is 13.2. The first-order chi connectivity index (χ1) is 15.0. The normalized spacial score (nSPS) is 12.1. The highest BCUT2D eigenvalue weighted by Crippen LogP contribution is 2.24. The van der Waals surface area contributed by atoms with Gasteiger partial charge >= 0.3 is 0 Å². The zero-order chi connectivity index (χ0) is 22.0. The highest BCUT2D eigenvalue weighted by molar-refractivity contribution is 5.90. The first-order valence-electron chi connectivity index (χ1n) is 10.1. The zero-order valence-corrected chi connectivity index (χ0v) is 17.6. The van der Waals surface area contributed by atoms with Crippen LogP contribution in [0, 0.1) is 0 Å². The summed E-state index contributed by atoms with van der Waals surface area (Å²) in [6.45, 7) is 4.25. The highest BCUT2D eigenvalue weighted by atomic mass is 16.4. The van der Waals surface area contributed by atoms with Crippen molar-refractivity contribution in [2.75, 3.05) is 7.05 Å². The van der Waals surface area contributed by atoms with Gasteiger partial charge < -0.3 is 9.32 Å². The van der Waals surface area contributed by atoms with Crippen molar-refractivity contribution in [3.8, 4) is 11.5 Å². The van der Waals surface area contributed by atoms with E-state index in [1.807, 2.05) is 55.5 Å². The molecule has 1 atom stereocenters. The lowest BCUT2D eigenvalue weighted by Crippen LogP contribution is -2.32. The third-order valence-corrected chi connectivity index (χ3v) is 5.21. The van der Waals surface area contributed by atoms with Crippen LogP contribution in [0.3, 0.4) is 0 Å². The molecule has 0 N–H and O–H groups in total. The van der Waals surface area contributed by atoms with Crippen LogP contribution in [-0.2, 0) is 17.9 Å². The Morgan fingerprint density at radius 1 is 1.06 bits per heavy atom. The van der Waals surface area contributed by atoms with Gasteiger partial charge in [-0.3, -0.25) is 9.59 Å². The Balaban J connectivity index is 1.58. The molecule has 1 amide bonds. The molecule has 0 aliphatic carbocycles. The molecule has 2 aromatic heterocycles. The van der Waals surface area contributed by atoms with Gasteiger partial charge in [0.25, 0.3) is 5.56 Å². The summed E-state index contributed by atoms with van der Waals surface area (Å²) in [6, 6.07) is 16.7. The third-order valence-electron chi connectivity index (χ3n) is 5.21. The number of nitrogens with zero attached hydrogens (tertiary/aromatic N) is 5. The van der Waals surface area contributed by atoms with Gasteiger partial charge in [-0.25, -0.2) is 4.68 Å². The predicted octanol–water partition coefficient (Wildman–Crippen LogP) is 3.23. The summed E-state index contributed by atoms with van der Waals surface area (Å²) in [6.07, 6.45) is 0. The van der Waals surface area contributed by atoms with E-state index < -0.39 is 5.92 Å². The lowest BCUT2D eigenvalue weighted by atomic mass is 10.00. The fourth-order valence-corrected chi connectivity index (χ4v) is 3.54. The average Bonchev–Trinajstić information content (AvgIpc) is 3.27. The van der Waals surface area contributed by atoms with E-state index >= 15 is 0 Å². The van der Waals surface area contributed by atoms with Gasteiger partial charge in [-0.15, -0.1) is 10.2 Å². The van der Waals surface area contributed by atoms with E-state index in [9.17, 15) is 9.59 Å². The SMILES string of the molecule is CCn1nc(C(C)C(=O)N(C)Cc2nnc(-c3ccccc3)o2)c2ccccc2c1=O. The molecule has 0 saturated carbocycles. The summed E-state index contributed by atoms with van der Waals surface area (Å²) in [5, 5.41) is 13.9. The van der Waals surface area contributed by atoms with E-state index in [1.165, 1.54) is 9.58 Å². The van der Waals surface area contributed by atoms with Crippen LogP contribution in [0.2, 0.25) is 0 Å². The first kappa shape index (κ1) is 20.5. The smallest absolute Gasteiger partial charge is 0.274 e. The molecule has 31 heavy (non-hydrogen) atoms. The quantitative estimate of drug-likeness (QED) is 0.478. The van der Waals surface area contributed by atoms with E-state index in [2.05, 4.69) is 15.3 Å². The number of amides is 1. The summed E-state index contributed by atoms with van der Waals surface area (Å²) >= 11 is 0. The molecule has 1 unspecified atom stereocenters. The van der Waals surface area contributed by atoms with Crippen LogP contribution in [0.5, 0.6) is 0 Å². The van der Waals surface area contributed by atoms with Gasteiger partial charge in [-0.05, 0) is 32.0 Å². The van der Waals surface area contributed by atoms with Crippen molar-refractivity contribution in [3.63, 3.8) is 0 Å². The van der Waals surface area contributed by atoms with E-state index in [1.54, 1.807) is 20.0 Å². The van der Waals surface area contributed by atoms with Crippen LogP contribution in [-0.4, -0.2) is 37.8 Å². The van der Waals surface area contributed by atoms with Crippen molar-refractivity contribution < 1.29 is 9.21 Å². The monoisotopic (exact) mass is 417 g/mol. The number of aryl methyl sites for hydroxylation is 1. The molecule has 0 spiro atoms. The fourth-order valence-electron chi connectivity index (χ4n) is 3.54. The third kappa shape index (κ3) is 3.96. The van der Waals surface area contributed by atoms with Gasteiger partial charge in [0.1, 0.15) is 0 Å². The molecule has 0 radical (unpaired) electrons. The molecule has 0 saturated heterocycles. The van der Waals surface area contributed by atoms with Crippen LogP contribution in [0.4, 0.5) is 0 Å². The minimum Gasteiger partial charge on any atom is -0.419 e. The fraction of sp³-hybridized carbons (Fsp3) is 0.261. The van der Waals surface area contributed by atoms with Gasteiger partial charge in [0.05, 0.1) is 23.5 Å². The molecule has 0 aliphatic rings. The molecule has 8 nitrogen and oxygen atoms in total. The van der Waals surface area contributed by atoms with Gasteiger partial charge in [0.2, 0.25) is 17.7 Å². The van der Waals surface area contributed by atoms with Crippen LogP contribution in [0.15, 0.2) is 63.8 Å². The van der Waals surface area contributed by atoms with Crippen LogP contribution >= 0.6 is 0 Å². The van der Waals surface area contributed by atoms with Crippen molar-refractivity contribution >= 4 is 16.7 Å². The Labute approximate surface area is 179 Å². The number of carbonyl (C=O) groups is 1. The Kier molecular flexibility index (Phi) is 5.62. The Morgan fingerprint density at radius 3 is 2.45 bits per heavy atom. The number of hydrogen-bond donors (Lipinski definition) is 0. The molecular weight excluding hydrogens is 394 g/mol. The van der Waals surface area contributed by atoms with E-state index in [-0.39, 0.29) is 18.0 Å². The van der Waals surface area contributed by atoms with Crippen LogP contribution < -0.4 is 5.56 Å². The molecule has 158 valence electrons. The lowest BCUT2D eigenvalue weighted by molar-refractivity contribution is -0.132. The van der Waals surface area contributed by atoms with E-state index in [4.69, 9.17) is 4.42 Å². The number of hydrogen-bond acceptors (Lipinski definition) is 6. The van der Waals surface area contributed by atoms with Gasteiger partial charge in [0, 0.05) is 24.5 Å². The number of carbonyl (C=O) groups excluding carboxylic acids is 1. The standard InChI is InChI=1S/C23H23N5O3/c1-4-28-23(30)18-13-9-8-12-17(18)20(26-28)15(2)22(29)27(3)14-19-24-25-21(31-19)16-10-6-5-7-11-16/h5-13,15H,4,14H2,1-3H3. The Morgan fingerprint density at radius 2 is 1.74 bits per heavy atom. The lowest BCUT2D eigenvalue weighted by Gasteiger charge is -2.21. The van der Waals surface area contributed by atoms with Gasteiger partial charge in [-0.1, -0.05) is 36.4 Å². The molecule has 4 aromatic rings. The largest absolute Gasteiger partial charge is 0.419 e. The highest BCUT2D eigenvalue weighted by Gasteiger charge is 2.25. The van der Waals surface area contributed by atoms with Gasteiger partial charge in [0.15, 0.2) is 0 Å². The van der Waals surface area contributed by atoms with Crippen molar-refractivity contribution in [2.24, 2.45) is 0 Å². The van der Waals surface area contributed by atoms with E-state index in [0.29, 0.717) is 34.8 Å². The van der Waals surface area contributed by atoms with Crippen molar-refractivity contribution in [1.29, 1.82) is 0 Å². The van der Waals surface area contributed by atoms with Crippen molar-refractivity contribution in [1.82, 2.24) is 24.9 Å². The number of rotatable bonds is 6. The summed E-state index contributed by atoms with van der Waals surface area (Å²) in [4.78, 5) is 27.3. The first-order valence-corrected chi connectivity index (χ1v) is 10.1. The number of aromatic nitrogens is 4. The average molecular weight is 417 g/mol. The number of fused-ring (bicyclic) bond motifs is 1. The maximum Gasteiger partial charge on any atom is 0.274 e. The Hall–Kier alpha value is -3.81. The number of benzene rings is 2. The molecule has 0 bridgehead atoms. The summed E-state index contributed by atoms with van der Waals surface area (Å²) in [5.41, 5.74) is 1.24. The topological polar surface area (TPSA) is 94.1 Å². The second-order valence-corrected chi connectivity index (χ2v) is 7.33. The summed E-state index contributed by atoms with van der Waals surface area (Å²) in [7, 11) is 1.68. The van der Waals surface area contributed by atoms with Gasteiger partial charge in [-0.2, -0.15) is 5.10 Å². The minimum atomic E-state index is -0.551. The molecular formula is C23H23N5O3. The maximum atomic E-state index is 13.2. The van der Waals surface area contributed by atoms with Crippen LogP contribution in [0.1, 0.15) is 31.4 Å². The number of likely N-dealkylation sites (N-methyl/N-ethyl adjacent to an activating group) is 1. The second-order valence-electron chi connectivity index (χ2n) is 7.33. The Bertz CT molecular complexity index is 1280. The molecule has 0 aliphatic heterocycles. The molecule has 8 heteroatoms. The summed E-state index contributed by atoms with van der Waals surface area (Å²) in [5.74, 6) is 0.0497. The van der Waals surface area contributed by atoms with Crippen molar-refractivity contribution in [3.05, 3.63) is 76.5 Å². The van der Waals surface area contributed by atoms with Crippen LogP contribution in [0.25, 0.3) is 22.2 Å². The zero-order valence-electron chi connectivity index (χ0n) is 17.6. The molecule has 2 aromatic carbocycles. The van der Waals surface area contributed by atoms with Crippen molar-refractivity contribution in [2.45, 2.75) is 32.9 Å². The molecule has 0 fully saturated rings. The second kappa shape index (κ2) is 8.51. The molecule has 4 rings (SSSR count). The molecule has 2 heterocycles. The van der Waals surface area contributed by atoms with E-state index in [0.717, 1.165) is 5.56 Å². The summed E-state index contributed by atoms with van der Waals surface area (Å²) < 4.78 is 7.12.